The van der Waals surface area contributed by atoms with E-state index in [-0.39, 0.29) is 43.8 Å². The molecule has 3 aliphatic rings. The molecule has 5 N–H and O–H groups in total. The van der Waals surface area contributed by atoms with E-state index in [9.17, 15) is 33.6 Å². The maximum absolute atomic E-state index is 14.8. The van der Waals surface area contributed by atoms with E-state index in [1.54, 1.807) is 32.9 Å². The minimum atomic E-state index is -1.20. The fourth-order valence-electron chi connectivity index (χ4n) is 7.42. The maximum Gasteiger partial charge on any atom is 0.309 e. The number of nitrogens with zero attached hydrogens (tertiary/aromatic N) is 2. The minimum absolute atomic E-state index is 0.0207. The van der Waals surface area contributed by atoms with Crippen molar-refractivity contribution in [2.24, 2.45) is 11.3 Å². The average molecular weight is 822 g/mol. The van der Waals surface area contributed by atoms with E-state index in [2.05, 4.69) is 31.6 Å². The molecular formula is C42H56ClN7O8. The number of ether oxygens (including phenoxy) is 1. The van der Waals surface area contributed by atoms with Gasteiger partial charge in [0.25, 0.3) is 5.91 Å². The molecule has 0 bridgehead atoms. The van der Waals surface area contributed by atoms with E-state index in [0.29, 0.717) is 24.3 Å². The van der Waals surface area contributed by atoms with Gasteiger partial charge in [0.1, 0.15) is 24.2 Å². The maximum atomic E-state index is 14.8. The van der Waals surface area contributed by atoms with Crippen LogP contribution in [0.4, 0.5) is 0 Å². The van der Waals surface area contributed by atoms with E-state index in [1.807, 2.05) is 37.3 Å². The van der Waals surface area contributed by atoms with E-state index in [0.717, 1.165) is 37.7 Å². The molecule has 2 aromatic rings. The van der Waals surface area contributed by atoms with Gasteiger partial charge in [-0.25, -0.2) is 4.98 Å². The summed E-state index contributed by atoms with van der Waals surface area (Å²) < 4.78 is 6.11. The van der Waals surface area contributed by atoms with Gasteiger partial charge in [0, 0.05) is 31.3 Å². The van der Waals surface area contributed by atoms with Crippen molar-refractivity contribution in [3.05, 3.63) is 59.2 Å². The lowest BCUT2D eigenvalue weighted by atomic mass is 9.82. The Bertz CT molecular complexity index is 1790. The first-order valence-electron chi connectivity index (χ1n) is 20.3. The zero-order chi connectivity index (χ0) is 42.0. The third kappa shape index (κ3) is 12.2. The largest absolute Gasteiger partial charge is 0.472 e. The topological polar surface area (TPSA) is 205 Å². The molecule has 15 nitrogen and oxygen atoms in total. The summed E-state index contributed by atoms with van der Waals surface area (Å²) in [6, 6.07) is 7.65. The number of carbonyl (C=O) groups is 7. The van der Waals surface area contributed by atoms with Crippen LogP contribution in [0.25, 0.3) is 0 Å². The highest BCUT2D eigenvalue weighted by Gasteiger charge is 2.47. The summed E-state index contributed by atoms with van der Waals surface area (Å²) in [5, 5.41) is 14.0. The van der Waals surface area contributed by atoms with Gasteiger partial charge in [0.05, 0.1) is 17.6 Å². The van der Waals surface area contributed by atoms with Gasteiger partial charge < -0.3 is 36.2 Å². The Kier molecular flexibility index (Phi) is 15.3. The number of halogens is 1. The SMILES string of the molecule is CCC[C@H](NC(=O)[C@@H]1C[C@@H](Oc2ccc(Cl)cn2)CN1C(=O)[C@@H](NC(=O)C(NC(=O)C(=O)NCc1ccccc1)C1CCCCC1)C(C)(C)C)C(=O)C(=O)NC1CC1. The van der Waals surface area contributed by atoms with Gasteiger partial charge in [-0.3, -0.25) is 33.6 Å². The number of pyridine rings is 1. The van der Waals surface area contributed by atoms with Crippen molar-refractivity contribution in [2.45, 2.75) is 135 Å². The first kappa shape index (κ1) is 44.1. The zero-order valence-electron chi connectivity index (χ0n) is 33.7. The molecule has 0 spiro atoms. The highest BCUT2D eigenvalue weighted by Crippen LogP contribution is 2.30. The van der Waals surface area contributed by atoms with Crippen LogP contribution in [0.1, 0.15) is 97.5 Å². The van der Waals surface area contributed by atoms with Crippen LogP contribution in [0.15, 0.2) is 48.7 Å². The first-order chi connectivity index (χ1) is 27.6. The van der Waals surface area contributed by atoms with Crippen LogP contribution < -0.4 is 31.3 Å². The summed E-state index contributed by atoms with van der Waals surface area (Å²) in [5.74, 6) is -5.31. The highest BCUT2D eigenvalue weighted by atomic mass is 35.5. The monoisotopic (exact) mass is 821 g/mol. The molecule has 2 heterocycles. The van der Waals surface area contributed by atoms with Gasteiger partial charge in [-0.15, -0.1) is 0 Å². The second kappa shape index (κ2) is 20.1. The van der Waals surface area contributed by atoms with Crippen LogP contribution in [0.3, 0.4) is 0 Å². The van der Waals surface area contributed by atoms with Crippen molar-refractivity contribution in [1.82, 2.24) is 36.5 Å². The van der Waals surface area contributed by atoms with Gasteiger partial charge in [-0.2, -0.15) is 0 Å². The summed E-state index contributed by atoms with van der Waals surface area (Å²) in [6.45, 7) is 7.20. The lowest BCUT2D eigenvalue weighted by Gasteiger charge is -2.37. The molecule has 6 amide bonds. The molecule has 2 saturated carbocycles. The fourth-order valence-corrected chi connectivity index (χ4v) is 7.53. The summed E-state index contributed by atoms with van der Waals surface area (Å²) in [6.07, 6.45) is 6.92. The van der Waals surface area contributed by atoms with Crippen LogP contribution in [0, 0.1) is 11.3 Å². The first-order valence-corrected chi connectivity index (χ1v) is 20.7. The van der Waals surface area contributed by atoms with E-state index < -0.39 is 76.9 Å². The second-order valence-corrected chi connectivity index (χ2v) is 17.0. The second-order valence-electron chi connectivity index (χ2n) is 16.6. The van der Waals surface area contributed by atoms with Gasteiger partial charge >= 0.3 is 11.8 Å². The molecule has 1 aliphatic heterocycles. The van der Waals surface area contributed by atoms with E-state index in [4.69, 9.17) is 16.3 Å². The quantitative estimate of drug-likeness (QED) is 0.158. The zero-order valence-corrected chi connectivity index (χ0v) is 34.4. The standard InChI is InChI=1S/C42H56ClN7O8/c1-5-12-30(34(51)38(54)46-28-18-19-28)47-36(52)31-21-29(58-32-20-17-27(43)23-44-32)24-50(31)41(57)35(42(2,3)4)49-37(53)33(26-15-10-7-11-16-26)48-40(56)39(55)45-22-25-13-8-6-9-14-25/h6,8-9,13-14,17,20,23,26,28-31,33,35H,5,7,10-12,15-16,18-19,21-22,24H2,1-4H3,(H,45,55)(H,46,54)(H,47,52)(H,48,56)(H,49,53)/t29-,30+,31+,33?,35-/m1/s1. The number of hydrogen-bond donors (Lipinski definition) is 5. The van der Waals surface area contributed by atoms with Crippen LogP contribution in [-0.4, -0.2) is 94.0 Å². The van der Waals surface area contributed by atoms with Crippen LogP contribution in [0.2, 0.25) is 5.02 Å². The number of ketones is 1. The summed E-state index contributed by atoms with van der Waals surface area (Å²) in [4.78, 5) is 101. The molecule has 1 saturated heterocycles. The summed E-state index contributed by atoms with van der Waals surface area (Å²) >= 11 is 6.02. The number of amides is 6. The Morgan fingerprint density at radius 3 is 2.21 bits per heavy atom. The third-order valence-corrected chi connectivity index (χ3v) is 11.0. The molecule has 58 heavy (non-hydrogen) atoms. The van der Waals surface area contributed by atoms with Gasteiger partial charge in [0.2, 0.25) is 29.4 Å². The van der Waals surface area contributed by atoms with Crippen molar-refractivity contribution in [2.75, 3.05) is 6.54 Å². The predicted octanol–water partition coefficient (Wildman–Crippen LogP) is 3.13. The third-order valence-electron chi connectivity index (χ3n) is 10.8. The number of nitrogens with one attached hydrogen (secondary N) is 5. The molecule has 1 unspecified atom stereocenters. The van der Waals surface area contributed by atoms with Crippen molar-refractivity contribution in [3.63, 3.8) is 0 Å². The molecule has 1 aromatic heterocycles. The minimum Gasteiger partial charge on any atom is -0.472 e. The number of rotatable bonds is 16. The molecule has 1 aromatic carbocycles. The molecule has 3 fully saturated rings. The van der Waals surface area contributed by atoms with E-state index >= 15 is 0 Å². The number of carbonyl (C=O) groups excluding carboxylic acids is 7. The summed E-state index contributed by atoms with van der Waals surface area (Å²) in [5.41, 5.74) is -0.102. The predicted molar refractivity (Wildman–Crippen MR) is 215 cm³/mol. The van der Waals surface area contributed by atoms with Crippen LogP contribution >= 0.6 is 11.6 Å². The molecule has 2 aliphatic carbocycles. The van der Waals surface area contributed by atoms with Crippen LogP contribution in [-0.2, 0) is 40.1 Å². The molecule has 314 valence electrons. The Morgan fingerprint density at radius 2 is 1.59 bits per heavy atom. The molecule has 0 radical (unpaired) electrons. The van der Waals surface area contributed by atoms with Gasteiger partial charge in [0.15, 0.2) is 0 Å². The highest BCUT2D eigenvalue weighted by molar-refractivity contribution is 6.38. The lowest BCUT2D eigenvalue weighted by Crippen LogP contribution is -2.62. The van der Waals surface area contributed by atoms with Crippen molar-refractivity contribution in [3.8, 4) is 5.88 Å². The fraction of sp³-hybridized carbons (Fsp3) is 0.571. The Balaban J connectivity index is 1.36. The number of benzene rings is 1. The number of Topliss-reactive ketones (excluding diaryl/α,β-unsaturated/α-hetero) is 1. The molecule has 16 heteroatoms. The molecule has 5 atom stereocenters. The van der Waals surface area contributed by atoms with Crippen LogP contribution in [0.5, 0.6) is 5.88 Å². The van der Waals surface area contributed by atoms with E-state index in [1.165, 1.54) is 11.1 Å². The Labute approximate surface area is 344 Å². The number of likely N-dealkylation sites (tertiary alicyclic amines) is 1. The summed E-state index contributed by atoms with van der Waals surface area (Å²) in [7, 11) is 0. The Hall–Kier alpha value is -5.05. The van der Waals surface area contributed by atoms with Crippen molar-refractivity contribution in [1.29, 1.82) is 0 Å². The van der Waals surface area contributed by atoms with Crippen molar-refractivity contribution >= 4 is 52.8 Å². The van der Waals surface area contributed by atoms with Crippen molar-refractivity contribution < 1.29 is 38.3 Å². The molecular weight excluding hydrogens is 766 g/mol. The van der Waals surface area contributed by atoms with Gasteiger partial charge in [-0.1, -0.05) is 95.3 Å². The lowest BCUT2D eigenvalue weighted by molar-refractivity contribution is -0.146. The average Bonchev–Trinajstić information content (AvgIpc) is 3.93. The normalized spacial score (nSPS) is 19.8. The van der Waals surface area contributed by atoms with Gasteiger partial charge in [-0.05, 0) is 55.1 Å². The number of hydrogen-bond acceptors (Lipinski definition) is 9. The number of aromatic nitrogens is 1. The molecule has 5 rings (SSSR count). The Morgan fingerprint density at radius 1 is 0.879 bits per heavy atom. The smallest absolute Gasteiger partial charge is 0.309 e.